The van der Waals surface area contributed by atoms with Crippen LogP contribution in [0.15, 0.2) is 35.1 Å². The zero-order chi connectivity index (χ0) is 13.5. The number of oxazole rings is 1. The number of para-hydroxylation sites is 1. The van der Waals surface area contributed by atoms with E-state index in [0.717, 1.165) is 29.3 Å². The first-order valence-corrected chi connectivity index (χ1v) is 6.12. The lowest BCUT2D eigenvalue weighted by atomic mass is 10.1. The average molecular weight is 262 g/mol. The van der Waals surface area contributed by atoms with Gasteiger partial charge in [-0.25, -0.2) is 4.98 Å². The fraction of sp³-hybridized carbons (Fsp3) is 0.357. The summed E-state index contributed by atoms with van der Waals surface area (Å²) in [5.41, 5.74) is 1.77. The number of nitrogens with zero attached hydrogens (tertiary/aromatic N) is 1. The smallest absolute Gasteiger partial charge is 0.181 e. The molecule has 1 heterocycles. The van der Waals surface area contributed by atoms with Crippen LogP contribution in [0.1, 0.15) is 5.69 Å². The number of aromatic nitrogens is 1. The second-order valence-corrected chi connectivity index (χ2v) is 4.00. The van der Waals surface area contributed by atoms with Gasteiger partial charge in [0, 0.05) is 20.2 Å². The van der Waals surface area contributed by atoms with E-state index >= 15 is 0 Å². The number of hydrogen-bond acceptors (Lipinski definition) is 5. The zero-order valence-corrected chi connectivity index (χ0v) is 11.2. The molecule has 0 fully saturated rings. The number of rotatable bonds is 7. The number of benzene rings is 1. The number of ether oxygens (including phenoxy) is 2. The predicted octanol–water partition coefficient (Wildman–Crippen LogP) is 2.09. The molecular weight excluding hydrogens is 244 g/mol. The van der Waals surface area contributed by atoms with E-state index in [2.05, 4.69) is 10.3 Å². The summed E-state index contributed by atoms with van der Waals surface area (Å²) in [5.74, 6) is 1.51. The third-order valence-electron chi connectivity index (χ3n) is 2.77. The molecule has 19 heavy (non-hydrogen) atoms. The van der Waals surface area contributed by atoms with Crippen molar-refractivity contribution < 1.29 is 13.9 Å². The van der Waals surface area contributed by atoms with Gasteiger partial charge in [-0.15, -0.1) is 0 Å². The maximum Gasteiger partial charge on any atom is 0.181 e. The Morgan fingerprint density at radius 1 is 1.26 bits per heavy atom. The minimum absolute atomic E-state index is 0.632. The van der Waals surface area contributed by atoms with E-state index in [0.29, 0.717) is 13.2 Å². The van der Waals surface area contributed by atoms with Crippen LogP contribution in [0.25, 0.3) is 11.3 Å². The molecule has 1 aromatic carbocycles. The summed E-state index contributed by atoms with van der Waals surface area (Å²) < 4.78 is 15.8. The minimum Gasteiger partial charge on any atom is -0.496 e. The summed E-state index contributed by atoms with van der Waals surface area (Å²) in [6, 6.07) is 7.73. The van der Waals surface area contributed by atoms with Crippen molar-refractivity contribution in [1.82, 2.24) is 10.3 Å². The summed E-state index contributed by atoms with van der Waals surface area (Å²) in [4.78, 5) is 4.24. The second-order valence-electron chi connectivity index (χ2n) is 4.00. The van der Waals surface area contributed by atoms with E-state index in [9.17, 15) is 0 Å². The number of nitrogens with one attached hydrogen (secondary N) is 1. The Balaban J connectivity index is 2.14. The minimum atomic E-state index is 0.632. The van der Waals surface area contributed by atoms with Crippen LogP contribution in [0.4, 0.5) is 0 Å². The molecule has 0 amide bonds. The van der Waals surface area contributed by atoms with Crippen LogP contribution in [0.5, 0.6) is 5.75 Å². The SMILES string of the molecule is COCCNCc1ncoc1-c1ccccc1OC. The van der Waals surface area contributed by atoms with Gasteiger partial charge < -0.3 is 19.2 Å². The maximum absolute atomic E-state index is 5.49. The van der Waals surface area contributed by atoms with Crippen molar-refractivity contribution in [3.8, 4) is 17.1 Å². The molecule has 5 heteroatoms. The topological polar surface area (TPSA) is 56.5 Å². The van der Waals surface area contributed by atoms with Crippen LogP contribution >= 0.6 is 0 Å². The van der Waals surface area contributed by atoms with Crippen LogP contribution in [0, 0.1) is 0 Å². The van der Waals surface area contributed by atoms with Gasteiger partial charge in [-0.3, -0.25) is 0 Å². The van der Waals surface area contributed by atoms with Gasteiger partial charge in [0.05, 0.1) is 19.3 Å². The van der Waals surface area contributed by atoms with E-state index < -0.39 is 0 Å². The van der Waals surface area contributed by atoms with Crippen LogP contribution in [0.2, 0.25) is 0 Å². The monoisotopic (exact) mass is 262 g/mol. The van der Waals surface area contributed by atoms with Gasteiger partial charge in [0.25, 0.3) is 0 Å². The molecule has 0 atom stereocenters. The molecule has 0 aliphatic rings. The Morgan fingerprint density at radius 2 is 2.11 bits per heavy atom. The van der Waals surface area contributed by atoms with E-state index in [4.69, 9.17) is 13.9 Å². The summed E-state index contributed by atoms with van der Waals surface area (Å²) >= 11 is 0. The van der Waals surface area contributed by atoms with Crippen molar-refractivity contribution in [3.05, 3.63) is 36.4 Å². The zero-order valence-electron chi connectivity index (χ0n) is 11.2. The van der Waals surface area contributed by atoms with Gasteiger partial charge in [0.2, 0.25) is 0 Å². The van der Waals surface area contributed by atoms with E-state index in [1.54, 1.807) is 14.2 Å². The van der Waals surface area contributed by atoms with Gasteiger partial charge in [-0.2, -0.15) is 0 Å². The molecule has 0 saturated heterocycles. The van der Waals surface area contributed by atoms with Gasteiger partial charge in [-0.05, 0) is 12.1 Å². The van der Waals surface area contributed by atoms with Crippen LogP contribution in [-0.2, 0) is 11.3 Å². The Bertz CT molecular complexity index is 511. The fourth-order valence-corrected chi connectivity index (χ4v) is 1.83. The van der Waals surface area contributed by atoms with Gasteiger partial charge in [-0.1, -0.05) is 12.1 Å². The largest absolute Gasteiger partial charge is 0.496 e. The van der Waals surface area contributed by atoms with E-state index in [1.165, 1.54) is 6.39 Å². The molecule has 0 aliphatic carbocycles. The molecule has 1 N–H and O–H groups in total. The third-order valence-corrected chi connectivity index (χ3v) is 2.77. The highest BCUT2D eigenvalue weighted by Gasteiger charge is 2.14. The van der Waals surface area contributed by atoms with Crippen LogP contribution in [0.3, 0.4) is 0 Å². The number of methoxy groups -OCH3 is 2. The highest BCUT2D eigenvalue weighted by molar-refractivity contribution is 5.67. The molecule has 2 rings (SSSR count). The molecule has 0 unspecified atom stereocenters. The van der Waals surface area contributed by atoms with Gasteiger partial charge in [0.1, 0.15) is 11.4 Å². The lowest BCUT2D eigenvalue weighted by molar-refractivity contribution is 0.199. The van der Waals surface area contributed by atoms with E-state index in [-0.39, 0.29) is 0 Å². The van der Waals surface area contributed by atoms with E-state index in [1.807, 2.05) is 24.3 Å². The maximum atomic E-state index is 5.49. The highest BCUT2D eigenvalue weighted by atomic mass is 16.5. The first kappa shape index (κ1) is 13.6. The first-order valence-electron chi connectivity index (χ1n) is 6.12. The van der Waals surface area contributed by atoms with Gasteiger partial charge >= 0.3 is 0 Å². The van der Waals surface area contributed by atoms with Crippen LogP contribution in [-0.4, -0.2) is 32.4 Å². The van der Waals surface area contributed by atoms with Crippen molar-refractivity contribution in [2.24, 2.45) is 0 Å². The molecule has 1 aromatic heterocycles. The molecular formula is C14H18N2O3. The predicted molar refractivity (Wildman–Crippen MR) is 72.1 cm³/mol. The molecule has 5 nitrogen and oxygen atoms in total. The second kappa shape index (κ2) is 6.92. The Morgan fingerprint density at radius 3 is 2.89 bits per heavy atom. The average Bonchev–Trinajstić information content (AvgIpc) is 2.92. The molecule has 0 spiro atoms. The molecule has 0 bridgehead atoms. The summed E-state index contributed by atoms with van der Waals surface area (Å²) in [7, 11) is 3.32. The molecule has 0 saturated carbocycles. The molecule has 102 valence electrons. The molecule has 0 aliphatic heterocycles. The Hall–Kier alpha value is -1.85. The number of hydrogen-bond donors (Lipinski definition) is 1. The standard InChI is InChI=1S/C14H18N2O3/c1-17-8-7-15-9-12-14(19-10-16-12)11-5-3-4-6-13(11)18-2/h3-6,10,15H,7-9H2,1-2H3. The summed E-state index contributed by atoms with van der Waals surface area (Å²) in [6.07, 6.45) is 1.45. The summed E-state index contributed by atoms with van der Waals surface area (Å²) in [6.45, 7) is 2.07. The molecule has 2 aromatic rings. The Kier molecular flexibility index (Phi) is 4.94. The van der Waals surface area contributed by atoms with Crippen LogP contribution < -0.4 is 10.1 Å². The summed E-state index contributed by atoms with van der Waals surface area (Å²) in [5, 5.41) is 3.25. The lowest BCUT2D eigenvalue weighted by Gasteiger charge is -2.07. The van der Waals surface area contributed by atoms with Gasteiger partial charge in [0.15, 0.2) is 12.2 Å². The van der Waals surface area contributed by atoms with Crippen molar-refractivity contribution in [3.63, 3.8) is 0 Å². The first-order chi connectivity index (χ1) is 9.36. The van der Waals surface area contributed by atoms with Crippen molar-refractivity contribution in [1.29, 1.82) is 0 Å². The third kappa shape index (κ3) is 3.33. The lowest BCUT2D eigenvalue weighted by Crippen LogP contribution is -2.19. The van der Waals surface area contributed by atoms with Crippen molar-refractivity contribution in [2.45, 2.75) is 6.54 Å². The quantitative estimate of drug-likeness (QED) is 0.774. The normalized spacial score (nSPS) is 10.6. The molecule has 0 radical (unpaired) electrons. The van der Waals surface area contributed by atoms with Crippen molar-refractivity contribution >= 4 is 0 Å². The van der Waals surface area contributed by atoms with Crippen molar-refractivity contribution in [2.75, 3.05) is 27.4 Å². The highest BCUT2D eigenvalue weighted by Crippen LogP contribution is 2.31. The fourth-order valence-electron chi connectivity index (χ4n) is 1.83. The Labute approximate surface area is 112 Å².